The van der Waals surface area contributed by atoms with Gasteiger partial charge < -0.3 is 8.83 Å². The average molecular weight is 666 g/mol. The molecule has 0 saturated heterocycles. The van der Waals surface area contributed by atoms with Gasteiger partial charge in [0.05, 0.1) is 0 Å². The molecule has 0 N–H and O–H groups in total. The van der Waals surface area contributed by atoms with Crippen molar-refractivity contribution in [2.45, 2.75) is 0 Å². The number of rotatable bonds is 4. The number of benzene rings is 8. The SMILES string of the molecule is c1ccc(-c2cc(-c3nc(-c4ccc5ccccc5c4)nc(-c4cccc5oc6ccccc6c45)n3)cc3oc4ccc5ccccc5c4c23)cc1. The summed E-state index contributed by atoms with van der Waals surface area (Å²) in [6, 6.07) is 56.3. The van der Waals surface area contributed by atoms with Crippen molar-refractivity contribution in [2.75, 3.05) is 0 Å². The third kappa shape index (κ3) is 4.46. The Morgan fingerprint density at radius 3 is 1.85 bits per heavy atom. The van der Waals surface area contributed by atoms with Gasteiger partial charge in [0, 0.05) is 38.2 Å². The lowest BCUT2D eigenvalue weighted by Gasteiger charge is -2.12. The van der Waals surface area contributed by atoms with Crippen molar-refractivity contribution < 1.29 is 8.83 Å². The van der Waals surface area contributed by atoms with E-state index in [9.17, 15) is 0 Å². The molecule has 5 heteroatoms. The Balaban J connectivity index is 1.22. The highest BCUT2D eigenvalue weighted by Crippen LogP contribution is 2.43. The molecule has 0 fully saturated rings. The lowest BCUT2D eigenvalue weighted by molar-refractivity contribution is 0.669. The smallest absolute Gasteiger partial charge is 0.164 e. The standard InChI is InChI=1S/C47H27N3O2/c1-2-12-29(13-3-1)37-26-33(27-41-44(37)43-34-16-7-6-14-30(34)23-24-40(43)52-41)46-48-45(32-22-21-28-11-4-5-15-31(28)25-32)49-47(50-46)36-18-10-20-39-42(36)35-17-8-9-19-38(35)51-39/h1-27H. The second kappa shape index (κ2) is 11.2. The molecule has 0 atom stereocenters. The lowest BCUT2D eigenvalue weighted by Crippen LogP contribution is -2.01. The molecule has 0 unspecified atom stereocenters. The second-order valence-corrected chi connectivity index (χ2v) is 13.2. The van der Waals surface area contributed by atoms with Crippen molar-refractivity contribution in [2.24, 2.45) is 0 Å². The summed E-state index contributed by atoms with van der Waals surface area (Å²) < 4.78 is 13.0. The van der Waals surface area contributed by atoms with E-state index in [1.807, 2.05) is 36.4 Å². The first-order chi connectivity index (χ1) is 25.7. The fourth-order valence-electron chi connectivity index (χ4n) is 7.69. The molecule has 0 aliphatic heterocycles. The van der Waals surface area contributed by atoms with E-state index in [4.69, 9.17) is 23.8 Å². The number of para-hydroxylation sites is 1. The van der Waals surface area contributed by atoms with Crippen LogP contribution < -0.4 is 0 Å². The molecule has 0 amide bonds. The molecule has 8 aromatic carbocycles. The van der Waals surface area contributed by atoms with Crippen molar-refractivity contribution >= 4 is 65.4 Å². The molecule has 0 radical (unpaired) electrons. The van der Waals surface area contributed by atoms with Gasteiger partial charge in [-0.1, -0.05) is 127 Å². The van der Waals surface area contributed by atoms with Gasteiger partial charge in [-0.25, -0.2) is 15.0 Å². The summed E-state index contributed by atoms with van der Waals surface area (Å²) in [7, 11) is 0. The highest BCUT2D eigenvalue weighted by molar-refractivity contribution is 6.23. The highest BCUT2D eigenvalue weighted by atomic mass is 16.3. The maximum atomic E-state index is 6.67. The molecular formula is C47H27N3O2. The summed E-state index contributed by atoms with van der Waals surface area (Å²) in [5.74, 6) is 1.72. The zero-order chi connectivity index (χ0) is 34.2. The molecule has 0 aliphatic rings. The summed E-state index contributed by atoms with van der Waals surface area (Å²) in [4.78, 5) is 15.6. The quantitative estimate of drug-likeness (QED) is 0.187. The number of aromatic nitrogens is 3. The van der Waals surface area contributed by atoms with E-state index >= 15 is 0 Å². The van der Waals surface area contributed by atoms with Crippen molar-refractivity contribution in [1.29, 1.82) is 0 Å². The van der Waals surface area contributed by atoms with Crippen LogP contribution >= 0.6 is 0 Å². The van der Waals surface area contributed by atoms with Crippen molar-refractivity contribution in [1.82, 2.24) is 15.0 Å². The van der Waals surface area contributed by atoms with E-state index in [1.165, 1.54) is 5.39 Å². The van der Waals surface area contributed by atoms with Gasteiger partial charge in [0.2, 0.25) is 0 Å². The van der Waals surface area contributed by atoms with Gasteiger partial charge >= 0.3 is 0 Å². The van der Waals surface area contributed by atoms with Gasteiger partial charge in [-0.15, -0.1) is 0 Å². The van der Waals surface area contributed by atoms with Crippen molar-refractivity contribution in [3.05, 3.63) is 164 Å². The van der Waals surface area contributed by atoms with Gasteiger partial charge in [-0.2, -0.15) is 0 Å². The van der Waals surface area contributed by atoms with Crippen LogP contribution in [0.15, 0.2) is 173 Å². The summed E-state index contributed by atoms with van der Waals surface area (Å²) in [6.07, 6.45) is 0. The number of furan rings is 2. The summed E-state index contributed by atoms with van der Waals surface area (Å²) >= 11 is 0. The largest absolute Gasteiger partial charge is 0.456 e. The van der Waals surface area contributed by atoms with Crippen LogP contribution in [-0.2, 0) is 0 Å². The highest BCUT2D eigenvalue weighted by Gasteiger charge is 2.21. The van der Waals surface area contributed by atoms with Gasteiger partial charge in [0.1, 0.15) is 22.3 Å². The minimum absolute atomic E-state index is 0.558. The summed E-state index contributed by atoms with van der Waals surface area (Å²) in [5.41, 5.74) is 8.00. The average Bonchev–Trinajstić information content (AvgIpc) is 3.79. The van der Waals surface area contributed by atoms with E-state index in [1.54, 1.807) is 0 Å². The van der Waals surface area contributed by atoms with Crippen LogP contribution in [0.2, 0.25) is 0 Å². The Morgan fingerprint density at radius 2 is 0.962 bits per heavy atom. The molecule has 5 nitrogen and oxygen atoms in total. The predicted octanol–water partition coefficient (Wildman–Crippen LogP) is 12.6. The number of fused-ring (bicyclic) bond motifs is 9. The fraction of sp³-hybridized carbons (Fsp3) is 0. The topological polar surface area (TPSA) is 65.0 Å². The van der Waals surface area contributed by atoms with E-state index in [0.29, 0.717) is 17.5 Å². The molecule has 0 saturated carbocycles. The fourth-order valence-corrected chi connectivity index (χ4v) is 7.69. The first-order valence-electron chi connectivity index (χ1n) is 17.3. The van der Waals surface area contributed by atoms with Crippen LogP contribution in [0.25, 0.3) is 111 Å². The maximum Gasteiger partial charge on any atom is 0.164 e. The van der Waals surface area contributed by atoms with Crippen molar-refractivity contribution in [3.63, 3.8) is 0 Å². The molecule has 3 heterocycles. The van der Waals surface area contributed by atoms with Crippen molar-refractivity contribution in [3.8, 4) is 45.3 Å². The Morgan fingerprint density at radius 1 is 0.308 bits per heavy atom. The maximum absolute atomic E-state index is 6.67. The van der Waals surface area contributed by atoms with Gasteiger partial charge in [0.25, 0.3) is 0 Å². The van der Waals surface area contributed by atoms with Crippen LogP contribution in [0.4, 0.5) is 0 Å². The normalized spacial score (nSPS) is 11.8. The molecule has 11 aromatic rings. The molecule has 0 spiro atoms. The first-order valence-corrected chi connectivity index (χ1v) is 17.3. The number of nitrogens with zero attached hydrogens (tertiary/aromatic N) is 3. The first kappa shape index (κ1) is 28.7. The Bertz CT molecular complexity index is 3190. The molecule has 0 aliphatic carbocycles. The molecule has 3 aromatic heterocycles. The Labute approximate surface area is 297 Å². The predicted molar refractivity (Wildman–Crippen MR) is 211 cm³/mol. The van der Waals surface area contributed by atoms with E-state index in [0.717, 1.165) is 87.9 Å². The zero-order valence-electron chi connectivity index (χ0n) is 27.7. The van der Waals surface area contributed by atoms with Crippen LogP contribution in [0, 0.1) is 0 Å². The monoisotopic (exact) mass is 665 g/mol. The van der Waals surface area contributed by atoms with Gasteiger partial charge in [-0.3, -0.25) is 0 Å². The summed E-state index contributed by atoms with van der Waals surface area (Å²) in [6.45, 7) is 0. The molecule has 0 bridgehead atoms. The Kier molecular flexibility index (Phi) is 6.18. The van der Waals surface area contributed by atoms with E-state index < -0.39 is 0 Å². The minimum Gasteiger partial charge on any atom is -0.456 e. The van der Waals surface area contributed by atoms with Crippen LogP contribution in [-0.4, -0.2) is 15.0 Å². The van der Waals surface area contributed by atoms with Gasteiger partial charge in [0.15, 0.2) is 17.5 Å². The molecule has 242 valence electrons. The third-order valence-electron chi connectivity index (χ3n) is 10.1. The molecule has 52 heavy (non-hydrogen) atoms. The number of hydrogen-bond donors (Lipinski definition) is 0. The second-order valence-electron chi connectivity index (χ2n) is 13.2. The minimum atomic E-state index is 0.558. The lowest BCUT2D eigenvalue weighted by atomic mass is 9.95. The zero-order valence-corrected chi connectivity index (χ0v) is 27.7. The third-order valence-corrected chi connectivity index (χ3v) is 10.1. The van der Waals surface area contributed by atoms with E-state index in [2.05, 4.69) is 127 Å². The summed E-state index contributed by atoms with van der Waals surface area (Å²) in [5, 5.41) is 8.77. The molecule has 11 rings (SSSR count). The van der Waals surface area contributed by atoms with Crippen LogP contribution in [0.5, 0.6) is 0 Å². The Hall–Kier alpha value is -7.11. The molecular weight excluding hydrogens is 639 g/mol. The van der Waals surface area contributed by atoms with Crippen LogP contribution in [0.1, 0.15) is 0 Å². The van der Waals surface area contributed by atoms with E-state index in [-0.39, 0.29) is 0 Å². The van der Waals surface area contributed by atoms with Gasteiger partial charge in [-0.05, 0) is 69.1 Å². The number of hydrogen-bond acceptors (Lipinski definition) is 5. The van der Waals surface area contributed by atoms with Crippen LogP contribution in [0.3, 0.4) is 0 Å².